The fourth-order valence-corrected chi connectivity index (χ4v) is 11.2. The van der Waals surface area contributed by atoms with E-state index in [-0.39, 0.29) is 50.5 Å². The predicted molar refractivity (Wildman–Crippen MR) is 364 cm³/mol. The molecule has 0 N–H and O–H groups in total. The Labute approximate surface area is 577 Å². The minimum absolute atomic E-state index is 0.0393. The number of morpholine rings is 2. The molecular formula is C73H106F2N6O17. The third-order valence-corrected chi connectivity index (χ3v) is 16.7. The molecule has 3 aromatic rings. The molecule has 3 aromatic carbocycles. The third kappa shape index (κ3) is 25.7. The summed E-state index contributed by atoms with van der Waals surface area (Å²) in [7, 11) is 5.09. The average Bonchev–Trinajstić information content (AvgIpc) is 0.838. The molecule has 5 rings (SSSR count). The monoisotopic (exact) mass is 1380 g/mol. The second kappa shape index (κ2) is 36.8. The van der Waals surface area contributed by atoms with E-state index in [1.165, 1.54) is 69.7 Å². The van der Waals surface area contributed by atoms with Crippen LogP contribution in [-0.2, 0) is 95.7 Å². The van der Waals surface area contributed by atoms with Gasteiger partial charge in [0.25, 0.3) is 17.7 Å². The Morgan fingerprint density at radius 2 is 0.867 bits per heavy atom. The zero-order valence-corrected chi connectivity index (χ0v) is 60.5. The van der Waals surface area contributed by atoms with Gasteiger partial charge in [-0.2, -0.15) is 0 Å². The minimum atomic E-state index is -2.17. The molecule has 0 unspecified atom stereocenters. The summed E-state index contributed by atoms with van der Waals surface area (Å²) in [5.74, 6) is -8.41. The number of aryl methyl sites for hydroxylation is 1. The van der Waals surface area contributed by atoms with Crippen LogP contribution < -0.4 is 9.80 Å². The predicted octanol–water partition coefficient (Wildman–Crippen LogP) is 9.05. The number of carbonyl (C=O) groups is 9. The lowest BCUT2D eigenvalue weighted by Gasteiger charge is -2.35. The van der Waals surface area contributed by atoms with E-state index < -0.39 is 132 Å². The lowest BCUT2D eigenvalue weighted by molar-refractivity contribution is -0.176. The number of hydrogen-bond donors (Lipinski definition) is 0. The number of ether oxygens (including phenoxy) is 8. The Hall–Kier alpha value is -7.93. The smallest absolute Gasteiger partial charge is 0.410 e. The van der Waals surface area contributed by atoms with Crippen LogP contribution in [0.25, 0.3) is 0 Å². The molecule has 0 bridgehead atoms. The second-order valence-electron chi connectivity index (χ2n) is 28.5. The molecule has 0 saturated carbocycles. The van der Waals surface area contributed by atoms with E-state index in [9.17, 15) is 33.6 Å². The quantitative estimate of drug-likeness (QED) is 0.0407. The Morgan fingerprint density at radius 1 is 0.469 bits per heavy atom. The summed E-state index contributed by atoms with van der Waals surface area (Å²) in [5.41, 5.74) is -1.36. The highest BCUT2D eigenvalue weighted by molar-refractivity contribution is 5.93. The topological polar surface area (TPSA) is 247 Å². The standard InChI is InChI=1S/C73H106F2N6O17/c1-47(2)41-56(76(14)63(83)60(32-27-51-23-28-54(29-24-51)80-33-37-91-38-34-80)96-69(89)59(45-73(12,13)75)79(17)70(90)98-71(7,8)9)66(86)94-49(5)62(82)78(16)58(44-72(10,11)74)68(88)97-61(43-52-25-30-55(31-26-52)81-35-39-92-40-36-81)64(84)77(15)57(42-48(3)4)67(87)95-50(6)65(85)93-46-53-21-19-18-20-22-53/h18-26,28-31,47-50,56-61H,27,32-46H2,1-17H3/t49-,50-,56+,57+,58+,59+,60-,61-/m1/s1. The zero-order valence-electron chi connectivity index (χ0n) is 60.5. The summed E-state index contributed by atoms with van der Waals surface area (Å²) >= 11 is 0. The largest absolute Gasteiger partial charge is 0.458 e. The molecule has 0 radical (unpaired) electrons. The van der Waals surface area contributed by atoms with Crippen LogP contribution in [0.15, 0.2) is 78.9 Å². The number of benzene rings is 3. The van der Waals surface area contributed by atoms with Gasteiger partial charge in [-0.25, -0.2) is 37.5 Å². The summed E-state index contributed by atoms with van der Waals surface area (Å²) < 4.78 is 77.4. The van der Waals surface area contributed by atoms with Crippen LogP contribution in [0, 0.1) is 11.8 Å². The second-order valence-corrected chi connectivity index (χ2v) is 28.5. The molecule has 0 spiro atoms. The molecule has 98 heavy (non-hydrogen) atoms. The van der Waals surface area contributed by atoms with Gasteiger partial charge in [0.05, 0.1) is 26.4 Å². The van der Waals surface area contributed by atoms with Crippen molar-refractivity contribution in [2.75, 3.05) is 90.6 Å². The van der Waals surface area contributed by atoms with Crippen molar-refractivity contribution in [3.8, 4) is 0 Å². The number of likely N-dealkylation sites (N-methyl/N-ethyl adjacent to an activating group) is 4. The van der Waals surface area contributed by atoms with E-state index in [2.05, 4.69) is 9.80 Å². The van der Waals surface area contributed by atoms with E-state index in [1.54, 1.807) is 71.0 Å². The van der Waals surface area contributed by atoms with Crippen LogP contribution in [0.4, 0.5) is 25.0 Å². The van der Waals surface area contributed by atoms with Gasteiger partial charge in [0.1, 0.15) is 47.7 Å². The highest BCUT2D eigenvalue weighted by Crippen LogP contribution is 2.29. The summed E-state index contributed by atoms with van der Waals surface area (Å²) in [5, 5.41) is 0. The molecule has 23 nitrogen and oxygen atoms in total. The fourth-order valence-electron chi connectivity index (χ4n) is 11.2. The molecule has 4 amide bonds. The van der Waals surface area contributed by atoms with Crippen molar-refractivity contribution in [1.82, 2.24) is 19.6 Å². The van der Waals surface area contributed by atoms with Crippen LogP contribution in [0.2, 0.25) is 0 Å². The zero-order chi connectivity index (χ0) is 73.0. The van der Waals surface area contributed by atoms with E-state index >= 15 is 18.4 Å². The van der Waals surface area contributed by atoms with Crippen molar-refractivity contribution in [2.45, 2.75) is 207 Å². The van der Waals surface area contributed by atoms with Gasteiger partial charge in [-0.05, 0) is 141 Å². The molecule has 2 fully saturated rings. The van der Waals surface area contributed by atoms with Crippen molar-refractivity contribution in [3.05, 3.63) is 95.6 Å². The Balaban J connectivity index is 1.43. The summed E-state index contributed by atoms with van der Waals surface area (Å²) in [6, 6.07) is 17.6. The van der Waals surface area contributed by atoms with E-state index in [4.69, 9.17) is 37.9 Å². The SMILES string of the molecule is CC(C)C[C@@H](C(=O)O[C@H](C)C(=O)N(C)[C@@H](CC(C)(C)F)C(=O)O[C@H](Cc1ccc(N2CCOCC2)cc1)C(=O)N(C)[C@@H](CC(C)C)C(=O)O[C@H](C)C(=O)OCc1ccccc1)N(C)C(=O)[C@@H](CCc1ccc(N2CCOCC2)cc1)OC(=O)[C@H](CC(C)(C)F)N(C)C(=O)OC(C)(C)C. The summed E-state index contributed by atoms with van der Waals surface area (Å²) in [6.07, 6.45) is -8.80. The maximum Gasteiger partial charge on any atom is 0.410 e. The summed E-state index contributed by atoms with van der Waals surface area (Å²) in [6.45, 7) is 24.3. The van der Waals surface area contributed by atoms with Gasteiger partial charge in [0.15, 0.2) is 24.4 Å². The van der Waals surface area contributed by atoms with Crippen molar-refractivity contribution in [2.24, 2.45) is 11.8 Å². The van der Waals surface area contributed by atoms with Crippen molar-refractivity contribution in [3.63, 3.8) is 0 Å². The first kappa shape index (κ1) is 80.7. The molecule has 2 saturated heterocycles. The third-order valence-electron chi connectivity index (χ3n) is 16.7. The number of alkyl halides is 2. The van der Waals surface area contributed by atoms with Gasteiger partial charge < -0.3 is 62.4 Å². The highest BCUT2D eigenvalue weighted by Gasteiger charge is 2.44. The molecule has 2 aliphatic heterocycles. The first-order valence-corrected chi connectivity index (χ1v) is 33.8. The van der Waals surface area contributed by atoms with Crippen LogP contribution in [0.3, 0.4) is 0 Å². The number of anilines is 2. The molecule has 2 aliphatic rings. The number of halogens is 2. The lowest BCUT2D eigenvalue weighted by Crippen LogP contribution is -2.54. The average molecular weight is 1380 g/mol. The van der Waals surface area contributed by atoms with Gasteiger partial charge in [-0.15, -0.1) is 0 Å². The van der Waals surface area contributed by atoms with E-state index in [0.29, 0.717) is 63.7 Å². The van der Waals surface area contributed by atoms with Crippen molar-refractivity contribution >= 4 is 65.0 Å². The molecule has 8 atom stereocenters. The first-order chi connectivity index (χ1) is 45.8. The molecule has 25 heteroatoms. The lowest BCUT2D eigenvalue weighted by atomic mass is 9.98. The number of rotatable bonds is 33. The maximum atomic E-state index is 16.1. The maximum absolute atomic E-state index is 16.1. The summed E-state index contributed by atoms with van der Waals surface area (Å²) in [4.78, 5) is 138. The number of hydrogen-bond acceptors (Lipinski definition) is 19. The first-order valence-electron chi connectivity index (χ1n) is 33.8. The highest BCUT2D eigenvalue weighted by atomic mass is 19.1. The van der Waals surface area contributed by atoms with Crippen LogP contribution in [-0.4, -0.2) is 220 Å². The van der Waals surface area contributed by atoms with Crippen LogP contribution in [0.1, 0.15) is 139 Å². The molecule has 0 aromatic heterocycles. The molecular weight excluding hydrogens is 1270 g/mol. The number of amides is 4. The minimum Gasteiger partial charge on any atom is -0.458 e. The van der Waals surface area contributed by atoms with Gasteiger partial charge >= 0.3 is 35.9 Å². The van der Waals surface area contributed by atoms with Crippen LogP contribution >= 0.6 is 0 Å². The van der Waals surface area contributed by atoms with Gasteiger partial charge in [-0.3, -0.25) is 19.3 Å². The molecule has 0 aliphatic carbocycles. The molecule has 544 valence electrons. The number of esters is 5. The van der Waals surface area contributed by atoms with Gasteiger partial charge in [-0.1, -0.05) is 82.3 Å². The van der Waals surface area contributed by atoms with Gasteiger partial charge in [0.2, 0.25) is 0 Å². The number of carbonyl (C=O) groups excluding carboxylic acids is 9. The van der Waals surface area contributed by atoms with Gasteiger partial charge in [0, 0.05) is 85.0 Å². The Kier molecular flexibility index (Phi) is 30.3. The molecule has 2 heterocycles. The van der Waals surface area contributed by atoms with Crippen LogP contribution in [0.5, 0.6) is 0 Å². The fraction of sp³-hybridized carbons (Fsp3) is 0.630. The van der Waals surface area contributed by atoms with E-state index in [1.807, 2.05) is 56.3 Å². The Bertz CT molecular complexity index is 3100. The Morgan fingerprint density at radius 3 is 1.31 bits per heavy atom. The van der Waals surface area contributed by atoms with Crippen molar-refractivity contribution in [1.29, 1.82) is 0 Å². The van der Waals surface area contributed by atoms with Crippen molar-refractivity contribution < 1.29 is 89.8 Å². The number of nitrogens with zero attached hydrogens (tertiary/aromatic N) is 6. The van der Waals surface area contributed by atoms with E-state index in [0.717, 1.165) is 36.5 Å². The normalized spacial score (nSPS) is 16.2.